The lowest BCUT2D eigenvalue weighted by atomic mass is 10.3. The first-order valence-corrected chi connectivity index (χ1v) is 7.54. The predicted molar refractivity (Wildman–Crippen MR) is 79.8 cm³/mol. The van der Waals surface area contributed by atoms with E-state index in [9.17, 15) is 9.18 Å². The third kappa shape index (κ3) is 2.76. The second kappa shape index (κ2) is 5.52. The standard InChI is InChI=1S/C14H9FN2OS2/c15-9-3-1-4-10(7-9)16-13(18)11-8-20-14(17-11)12-5-2-6-19-12/h1-8H,(H,16,18). The number of thiophene rings is 1. The number of aromatic nitrogens is 1. The molecule has 3 aromatic rings. The zero-order valence-electron chi connectivity index (χ0n) is 10.2. The number of benzene rings is 1. The summed E-state index contributed by atoms with van der Waals surface area (Å²) in [6, 6.07) is 9.67. The highest BCUT2D eigenvalue weighted by Crippen LogP contribution is 2.28. The molecule has 0 unspecified atom stereocenters. The third-order valence-electron chi connectivity index (χ3n) is 2.55. The molecule has 3 nitrogen and oxygen atoms in total. The van der Waals surface area contributed by atoms with Crippen molar-refractivity contribution < 1.29 is 9.18 Å². The summed E-state index contributed by atoms with van der Waals surface area (Å²) in [5, 5.41) is 7.10. The Labute approximate surface area is 122 Å². The van der Waals surface area contributed by atoms with Gasteiger partial charge in [0.05, 0.1) is 4.88 Å². The minimum Gasteiger partial charge on any atom is -0.321 e. The van der Waals surface area contributed by atoms with Crippen molar-refractivity contribution in [2.24, 2.45) is 0 Å². The summed E-state index contributed by atoms with van der Waals surface area (Å²) >= 11 is 2.99. The molecule has 0 spiro atoms. The summed E-state index contributed by atoms with van der Waals surface area (Å²) < 4.78 is 13.0. The van der Waals surface area contributed by atoms with Gasteiger partial charge in [0, 0.05) is 11.1 Å². The number of thiazole rings is 1. The highest BCUT2D eigenvalue weighted by Gasteiger charge is 2.12. The zero-order chi connectivity index (χ0) is 13.9. The van der Waals surface area contributed by atoms with Gasteiger partial charge in [0.1, 0.15) is 16.5 Å². The quantitative estimate of drug-likeness (QED) is 0.785. The van der Waals surface area contributed by atoms with Crippen LogP contribution in [0, 0.1) is 5.82 Å². The number of halogens is 1. The van der Waals surface area contributed by atoms with Gasteiger partial charge in [0.25, 0.3) is 5.91 Å². The molecule has 1 aromatic carbocycles. The Morgan fingerprint density at radius 1 is 1.20 bits per heavy atom. The van der Waals surface area contributed by atoms with Crippen LogP contribution in [0.25, 0.3) is 9.88 Å². The Morgan fingerprint density at radius 3 is 2.85 bits per heavy atom. The van der Waals surface area contributed by atoms with Gasteiger partial charge in [0.2, 0.25) is 0 Å². The number of nitrogens with zero attached hydrogens (tertiary/aromatic N) is 1. The molecule has 0 radical (unpaired) electrons. The number of amides is 1. The van der Waals surface area contributed by atoms with Crippen LogP contribution in [-0.2, 0) is 0 Å². The second-order valence-electron chi connectivity index (χ2n) is 3.98. The lowest BCUT2D eigenvalue weighted by Crippen LogP contribution is -2.12. The van der Waals surface area contributed by atoms with E-state index in [0.717, 1.165) is 9.88 Å². The maximum atomic E-state index is 13.0. The predicted octanol–water partition coefficient (Wildman–Crippen LogP) is 4.26. The van der Waals surface area contributed by atoms with Crippen LogP contribution >= 0.6 is 22.7 Å². The molecular formula is C14H9FN2OS2. The second-order valence-corrected chi connectivity index (χ2v) is 5.79. The molecule has 0 fully saturated rings. The minimum atomic E-state index is -0.389. The first kappa shape index (κ1) is 13.0. The normalized spacial score (nSPS) is 10.4. The fraction of sp³-hybridized carbons (Fsp3) is 0. The fourth-order valence-corrected chi connectivity index (χ4v) is 3.27. The van der Waals surface area contributed by atoms with Crippen LogP contribution in [0.2, 0.25) is 0 Å². The van der Waals surface area contributed by atoms with Crippen LogP contribution in [0.3, 0.4) is 0 Å². The maximum absolute atomic E-state index is 13.0. The molecule has 0 saturated carbocycles. The molecule has 1 N–H and O–H groups in total. The number of carbonyl (C=O) groups is 1. The molecule has 2 heterocycles. The monoisotopic (exact) mass is 304 g/mol. The first-order valence-electron chi connectivity index (χ1n) is 5.79. The van der Waals surface area contributed by atoms with Crippen molar-refractivity contribution >= 4 is 34.3 Å². The van der Waals surface area contributed by atoms with Gasteiger partial charge < -0.3 is 5.32 Å². The Morgan fingerprint density at radius 2 is 2.10 bits per heavy atom. The first-order chi connectivity index (χ1) is 9.72. The van der Waals surface area contributed by atoms with E-state index in [4.69, 9.17) is 0 Å². The molecule has 2 aromatic heterocycles. The highest BCUT2D eigenvalue weighted by molar-refractivity contribution is 7.20. The van der Waals surface area contributed by atoms with Gasteiger partial charge in [-0.05, 0) is 29.6 Å². The summed E-state index contributed by atoms with van der Waals surface area (Å²) in [6.07, 6.45) is 0. The number of anilines is 1. The fourth-order valence-electron chi connectivity index (χ4n) is 1.65. The average Bonchev–Trinajstić information content (AvgIpc) is 3.10. The van der Waals surface area contributed by atoms with Crippen molar-refractivity contribution in [3.8, 4) is 9.88 Å². The van der Waals surface area contributed by atoms with Gasteiger partial charge in [-0.25, -0.2) is 9.37 Å². The van der Waals surface area contributed by atoms with Gasteiger partial charge in [-0.15, -0.1) is 22.7 Å². The van der Waals surface area contributed by atoms with Gasteiger partial charge in [-0.1, -0.05) is 12.1 Å². The smallest absolute Gasteiger partial charge is 0.275 e. The average molecular weight is 304 g/mol. The molecule has 0 bridgehead atoms. The van der Waals surface area contributed by atoms with E-state index in [-0.39, 0.29) is 11.7 Å². The molecule has 0 aliphatic heterocycles. The summed E-state index contributed by atoms with van der Waals surface area (Å²) in [6.45, 7) is 0. The molecule has 0 atom stereocenters. The molecule has 0 aliphatic carbocycles. The number of hydrogen-bond donors (Lipinski definition) is 1. The topological polar surface area (TPSA) is 42.0 Å². The summed E-state index contributed by atoms with van der Waals surface area (Å²) in [5.74, 6) is -0.727. The zero-order valence-corrected chi connectivity index (χ0v) is 11.8. The van der Waals surface area contributed by atoms with E-state index in [1.165, 1.54) is 23.5 Å². The summed E-state index contributed by atoms with van der Waals surface area (Å²) in [4.78, 5) is 17.3. The molecular weight excluding hydrogens is 295 g/mol. The van der Waals surface area contributed by atoms with E-state index in [1.807, 2.05) is 17.5 Å². The van der Waals surface area contributed by atoms with Gasteiger partial charge in [-0.2, -0.15) is 0 Å². The molecule has 100 valence electrons. The molecule has 3 rings (SSSR count). The molecule has 20 heavy (non-hydrogen) atoms. The van der Waals surface area contributed by atoms with Gasteiger partial charge >= 0.3 is 0 Å². The number of hydrogen-bond acceptors (Lipinski definition) is 4. The lowest BCUT2D eigenvalue weighted by Gasteiger charge is -2.02. The van der Waals surface area contributed by atoms with E-state index in [2.05, 4.69) is 10.3 Å². The summed E-state index contributed by atoms with van der Waals surface area (Å²) in [5.41, 5.74) is 0.753. The van der Waals surface area contributed by atoms with E-state index in [0.29, 0.717) is 11.4 Å². The van der Waals surface area contributed by atoms with Crippen molar-refractivity contribution in [1.82, 2.24) is 4.98 Å². The molecule has 0 aliphatic rings. The van der Waals surface area contributed by atoms with Crippen LogP contribution in [0.1, 0.15) is 10.5 Å². The third-order valence-corrected chi connectivity index (χ3v) is 4.43. The van der Waals surface area contributed by atoms with E-state index < -0.39 is 0 Å². The van der Waals surface area contributed by atoms with Crippen LogP contribution in [0.5, 0.6) is 0 Å². The SMILES string of the molecule is O=C(Nc1cccc(F)c1)c1csc(-c2cccs2)n1. The van der Waals surface area contributed by atoms with Crippen molar-refractivity contribution in [2.75, 3.05) is 5.32 Å². The van der Waals surface area contributed by atoms with E-state index >= 15 is 0 Å². The Hall–Kier alpha value is -2.05. The van der Waals surface area contributed by atoms with Gasteiger partial charge in [0.15, 0.2) is 0 Å². The van der Waals surface area contributed by atoms with Crippen molar-refractivity contribution in [1.29, 1.82) is 0 Å². The number of rotatable bonds is 3. The largest absolute Gasteiger partial charge is 0.321 e. The molecule has 6 heteroatoms. The number of carbonyl (C=O) groups excluding carboxylic acids is 1. The highest BCUT2D eigenvalue weighted by atomic mass is 32.1. The maximum Gasteiger partial charge on any atom is 0.275 e. The number of nitrogens with one attached hydrogen (secondary N) is 1. The Balaban J connectivity index is 1.78. The van der Waals surface area contributed by atoms with Crippen molar-refractivity contribution in [3.63, 3.8) is 0 Å². The van der Waals surface area contributed by atoms with Crippen LogP contribution < -0.4 is 5.32 Å². The van der Waals surface area contributed by atoms with Crippen LogP contribution in [0.4, 0.5) is 10.1 Å². The van der Waals surface area contributed by atoms with Crippen LogP contribution in [0.15, 0.2) is 47.2 Å². The van der Waals surface area contributed by atoms with Crippen LogP contribution in [-0.4, -0.2) is 10.9 Å². The van der Waals surface area contributed by atoms with Gasteiger partial charge in [-0.3, -0.25) is 4.79 Å². The minimum absolute atomic E-state index is 0.336. The Bertz CT molecular complexity index is 737. The summed E-state index contributed by atoms with van der Waals surface area (Å²) in [7, 11) is 0. The molecule has 0 saturated heterocycles. The van der Waals surface area contributed by atoms with E-state index in [1.54, 1.807) is 28.8 Å². The van der Waals surface area contributed by atoms with Crippen molar-refractivity contribution in [2.45, 2.75) is 0 Å². The molecule has 1 amide bonds. The van der Waals surface area contributed by atoms with Crippen molar-refractivity contribution in [3.05, 3.63) is 58.7 Å². The lowest BCUT2D eigenvalue weighted by molar-refractivity contribution is 0.102. The Kier molecular flexibility index (Phi) is 3.58.